The van der Waals surface area contributed by atoms with Crippen LogP contribution in [0.2, 0.25) is 0 Å². The first-order chi connectivity index (χ1) is 7.67. The van der Waals surface area contributed by atoms with E-state index in [0.717, 1.165) is 6.54 Å². The van der Waals surface area contributed by atoms with E-state index in [1.165, 1.54) is 36.2 Å². The lowest BCUT2D eigenvalue weighted by molar-refractivity contribution is 0.322. The van der Waals surface area contributed by atoms with Gasteiger partial charge in [0.05, 0.1) is 0 Å². The molecule has 1 aliphatic heterocycles. The van der Waals surface area contributed by atoms with Crippen LogP contribution >= 0.6 is 0 Å². The molecule has 0 spiro atoms. The molecule has 1 heterocycles. The SMILES string of the molecule is CNC1CCN(Cc2cc(C)cc(C)c2)C1. The molecule has 0 radical (unpaired) electrons. The molecule has 1 unspecified atom stereocenters. The van der Waals surface area contributed by atoms with Crippen LogP contribution in [0, 0.1) is 13.8 Å². The Balaban J connectivity index is 1.99. The fourth-order valence-corrected chi connectivity index (χ4v) is 2.63. The molecule has 0 aromatic heterocycles. The van der Waals surface area contributed by atoms with E-state index in [0.29, 0.717) is 6.04 Å². The zero-order valence-corrected chi connectivity index (χ0v) is 10.6. The molecule has 1 N–H and O–H groups in total. The number of likely N-dealkylation sites (N-methyl/N-ethyl adjacent to an activating group) is 1. The molecule has 88 valence electrons. The van der Waals surface area contributed by atoms with E-state index >= 15 is 0 Å². The fraction of sp³-hybridized carbons (Fsp3) is 0.571. The van der Waals surface area contributed by atoms with Crippen molar-refractivity contribution in [1.82, 2.24) is 10.2 Å². The summed E-state index contributed by atoms with van der Waals surface area (Å²) in [6.45, 7) is 7.86. The van der Waals surface area contributed by atoms with Crippen molar-refractivity contribution in [2.75, 3.05) is 20.1 Å². The number of likely N-dealkylation sites (tertiary alicyclic amines) is 1. The van der Waals surface area contributed by atoms with Crippen LogP contribution in [-0.2, 0) is 6.54 Å². The Labute approximate surface area is 98.7 Å². The average Bonchev–Trinajstić information content (AvgIpc) is 2.64. The lowest BCUT2D eigenvalue weighted by Crippen LogP contribution is -2.29. The highest BCUT2D eigenvalue weighted by Crippen LogP contribution is 2.15. The second-order valence-electron chi connectivity index (χ2n) is 5.01. The van der Waals surface area contributed by atoms with Crippen LogP contribution in [-0.4, -0.2) is 31.1 Å². The van der Waals surface area contributed by atoms with Crippen molar-refractivity contribution in [1.29, 1.82) is 0 Å². The first-order valence-corrected chi connectivity index (χ1v) is 6.14. The summed E-state index contributed by atoms with van der Waals surface area (Å²) in [6, 6.07) is 7.54. The summed E-state index contributed by atoms with van der Waals surface area (Å²) >= 11 is 0. The fourth-order valence-electron chi connectivity index (χ4n) is 2.63. The first-order valence-electron chi connectivity index (χ1n) is 6.14. The van der Waals surface area contributed by atoms with E-state index in [9.17, 15) is 0 Å². The van der Waals surface area contributed by atoms with Gasteiger partial charge >= 0.3 is 0 Å². The third kappa shape index (κ3) is 2.83. The van der Waals surface area contributed by atoms with E-state index in [1.54, 1.807) is 0 Å². The highest BCUT2D eigenvalue weighted by molar-refractivity contribution is 5.28. The average molecular weight is 218 g/mol. The van der Waals surface area contributed by atoms with Gasteiger partial charge in [-0.2, -0.15) is 0 Å². The second-order valence-corrected chi connectivity index (χ2v) is 5.01. The molecule has 1 aromatic carbocycles. The van der Waals surface area contributed by atoms with Gasteiger partial charge in [-0.25, -0.2) is 0 Å². The van der Waals surface area contributed by atoms with Gasteiger partial charge in [-0.15, -0.1) is 0 Å². The summed E-state index contributed by atoms with van der Waals surface area (Å²) < 4.78 is 0. The molecule has 0 bridgehead atoms. The number of nitrogens with one attached hydrogen (secondary N) is 1. The van der Waals surface area contributed by atoms with Crippen LogP contribution in [0.4, 0.5) is 0 Å². The predicted octanol–water partition coefficient (Wildman–Crippen LogP) is 2.10. The zero-order valence-electron chi connectivity index (χ0n) is 10.6. The smallest absolute Gasteiger partial charge is 0.0234 e. The van der Waals surface area contributed by atoms with Crippen LogP contribution in [0.5, 0.6) is 0 Å². The van der Waals surface area contributed by atoms with Crippen molar-refractivity contribution >= 4 is 0 Å². The van der Waals surface area contributed by atoms with Crippen molar-refractivity contribution in [3.05, 3.63) is 34.9 Å². The molecule has 1 aliphatic rings. The Morgan fingerprint density at radius 2 is 1.94 bits per heavy atom. The summed E-state index contributed by atoms with van der Waals surface area (Å²) in [5.41, 5.74) is 4.20. The molecule has 0 saturated carbocycles. The normalized spacial score (nSPS) is 21.6. The van der Waals surface area contributed by atoms with Crippen molar-refractivity contribution in [3.63, 3.8) is 0 Å². The number of rotatable bonds is 3. The van der Waals surface area contributed by atoms with Gasteiger partial charge in [0, 0.05) is 25.7 Å². The van der Waals surface area contributed by atoms with E-state index in [2.05, 4.69) is 49.3 Å². The van der Waals surface area contributed by atoms with Crippen molar-refractivity contribution in [2.45, 2.75) is 32.9 Å². The van der Waals surface area contributed by atoms with E-state index in [-0.39, 0.29) is 0 Å². The highest BCUT2D eigenvalue weighted by atomic mass is 15.2. The number of nitrogens with zero attached hydrogens (tertiary/aromatic N) is 1. The van der Waals surface area contributed by atoms with Crippen LogP contribution in [0.15, 0.2) is 18.2 Å². The highest BCUT2D eigenvalue weighted by Gasteiger charge is 2.20. The minimum Gasteiger partial charge on any atom is -0.316 e. The first kappa shape index (κ1) is 11.6. The van der Waals surface area contributed by atoms with E-state index in [1.807, 2.05) is 0 Å². The Morgan fingerprint density at radius 1 is 1.25 bits per heavy atom. The molecule has 0 aliphatic carbocycles. The summed E-state index contributed by atoms with van der Waals surface area (Å²) in [6.07, 6.45) is 1.28. The second kappa shape index (κ2) is 4.98. The van der Waals surface area contributed by atoms with Gasteiger partial charge < -0.3 is 5.32 Å². The van der Waals surface area contributed by atoms with Gasteiger partial charge in [-0.1, -0.05) is 29.3 Å². The Kier molecular flexibility index (Phi) is 3.62. The number of benzene rings is 1. The Bertz CT molecular complexity index is 340. The number of hydrogen-bond acceptors (Lipinski definition) is 2. The van der Waals surface area contributed by atoms with Gasteiger partial charge in [-0.3, -0.25) is 4.90 Å². The molecular weight excluding hydrogens is 196 g/mol. The molecule has 1 atom stereocenters. The molecule has 0 amide bonds. The molecule has 16 heavy (non-hydrogen) atoms. The van der Waals surface area contributed by atoms with E-state index < -0.39 is 0 Å². The monoisotopic (exact) mass is 218 g/mol. The molecule has 2 nitrogen and oxygen atoms in total. The van der Waals surface area contributed by atoms with Crippen molar-refractivity contribution < 1.29 is 0 Å². The van der Waals surface area contributed by atoms with Crippen molar-refractivity contribution in [2.24, 2.45) is 0 Å². The van der Waals surface area contributed by atoms with Gasteiger partial charge in [0.2, 0.25) is 0 Å². The molecule has 2 heteroatoms. The van der Waals surface area contributed by atoms with Crippen LogP contribution < -0.4 is 5.32 Å². The maximum atomic E-state index is 3.36. The number of aryl methyl sites for hydroxylation is 2. The van der Waals surface area contributed by atoms with E-state index in [4.69, 9.17) is 0 Å². The van der Waals surface area contributed by atoms with Gasteiger partial charge in [0.25, 0.3) is 0 Å². The molecular formula is C14H22N2. The van der Waals surface area contributed by atoms with Gasteiger partial charge in [0.15, 0.2) is 0 Å². The third-order valence-corrected chi connectivity index (χ3v) is 3.37. The maximum Gasteiger partial charge on any atom is 0.0234 e. The maximum absolute atomic E-state index is 3.36. The largest absolute Gasteiger partial charge is 0.316 e. The lowest BCUT2D eigenvalue weighted by Gasteiger charge is -2.16. The molecule has 1 aromatic rings. The Morgan fingerprint density at radius 3 is 2.50 bits per heavy atom. The van der Waals surface area contributed by atoms with Gasteiger partial charge in [0.1, 0.15) is 0 Å². The minimum absolute atomic E-state index is 0.686. The minimum atomic E-state index is 0.686. The third-order valence-electron chi connectivity index (χ3n) is 3.37. The Hall–Kier alpha value is -0.860. The van der Waals surface area contributed by atoms with Crippen molar-refractivity contribution in [3.8, 4) is 0 Å². The topological polar surface area (TPSA) is 15.3 Å². The summed E-state index contributed by atoms with van der Waals surface area (Å²) in [5.74, 6) is 0. The number of hydrogen-bond donors (Lipinski definition) is 1. The molecule has 1 fully saturated rings. The lowest BCUT2D eigenvalue weighted by atomic mass is 10.1. The summed E-state index contributed by atoms with van der Waals surface area (Å²) in [4.78, 5) is 2.54. The summed E-state index contributed by atoms with van der Waals surface area (Å²) in [5, 5.41) is 3.36. The summed E-state index contributed by atoms with van der Waals surface area (Å²) in [7, 11) is 2.06. The standard InChI is InChI=1S/C14H22N2/c1-11-6-12(2)8-13(7-11)9-16-5-4-14(10-16)15-3/h6-8,14-15H,4-5,9-10H2,1-3H3. The quantitative estimate of drug-likeness (QED) is 0.836. The molecule has 2 rings (SSSR count). The van der Waals surface area contributed by atoms with Crippen LogP contribution in [0.25, 0.3) is 0 Å². The van der Waals surface area contributed by atoms with Gasteiger partial charge in [-0.05, 0) is 32.9 Å². The zero-order chi connectivity index (χ0) is 11.5. The molecule has 1 saturated heterocycles. The van der Waals surface area contributed by atoms with Crippen LogP contribution in [0.3, 0.4) is 0 Å². The predicted molar refractivity (Wildman–Crippen MR) is 68.7 cm³/mol. The van der Waals surface area contributed by atoms with Crippen LogP contribution in [0.1, 0.15) is 23.1 Å².